The highest BCUT2D eigenvalue weighted by molar-refractivity contribution is 7.89. The number of ether oxygens (including phenoxy) is 1. The van der Waals surface area contributed by atoms with E-state index in [9.17, 15) is 13.5 Å². The number of hydrogen-bond donors (Lipinski definition) is 1. The highest BCUT2D eigenvalue weighted by atomic mass is 32.2. The summed E-state index contributed by atoms with van der Waals surface area (Å²) in [6.07, 6.45) is 1.98. The van der Waals surface area contributed by atoms with Crippen molar-refractivity contribution in [1.82, 2.24) is 4.31 Å². The van der Waals surface area contributed by atoms with Crippen molar-refractivity contribution in [1.29, 1.82) is 0 Å². The van der Waals surface area contributed by atoms with Crippen LogP contribution in [0.1, 0.15) is 26.2 Å². The first-order valence-electron chi connectivity index (χ1n) is 6.26. The topological polar surface area (TPSA) is 66.8 Å². The van der Waals surface area contributed by atoms with E-state index in [0.29, 0.717) is 19.7 Å². The molecule has 100 valence electrons. The van der Waals surface area contributed by atoms with Gasteiger partial charge < -0.3 is 9.84 Å². The Morgan fingerprint density at radius 2 is 2.24 bits per heavy atom. The lowest BCUT2D eigenvalue weighted by atomic mass is 10.0. The Bertz CT molecular complexity index is 348. The van der Waals surface area contributed by atoms with Gasteiger partial charge in [-0.25, -0.2) is 12.7 Å². The lowest BCUT2D eigenvalue weighted by Crippen LogP contribution is -2.36. The molecular weight excluding hydrogens is 242 g/mol. The van der Waals surface area contributed by atoms with E-state index in [1.807, 2.05) is 0 Å². The van der Waals surface area contributed by atoms with Crippen LogP contribution < -0.4 is 0 Å². The molecule has 0 bridgehead atoms. The molecule has 2 saturated heterocycles. The smallest absolute Gasteiger partial charge is 0.216 e. The summed E-state index contributed by atoms with van der Waals surface area (Å²) in [7, 11) is -3.21. The van der Waals surface area contributed by atoms with Crippen molar-refractivity contribution >= 4 is 10.0 Å². The monoisotopic (exact) mass is 263 g/mol. The Kier molecular flexibility index (Phi) is 4.07. The van der Waals surface area contributed by atoms with Crippen molar-refractivity contribution in [3.05, 3.63) is 0 Å². The molecule has 3 atom stereocenters. The molecule has 0 saturated carbocycles. The number of aliphatic hydroxyl groups excluding tert-OH is 1. The molecular formula is C11H21NO4S. The predicted octanol–water partition coefficient (Wildman–Crippen LogP) is 0.198. The summed E-state index contributed by atoms with van der Waals surface area (Å²) >= 11 is 0. The molecule has 2 heterocycles. The van der Waals surface area contributed by atoms with Crippen LogP contribution in [-0.2, 0) is 14.8 Å². The van der Waals surface area contributed by atoms with Gasteiger partial charge in [0, 0.05) is 19.7 Å². The third-order valence-corrected chi connectivity index (χ3v) is 5.60. The van der Waals surface area contributed by atoms with Crippen LogP contribution in [0, 0.1) is 5.92 Å². The summed E-state index contributed by atoms with van der Waals surface area (Å²) in [4.78, 5) is 0. The average Bonchev–Trinajstić information content (AvgIpc) is 2.84. The predicted molar refractivity (Wildman–Crippen MR) is 64.1 cm³/mol. The quantitative estimate of drug-likeness (QED) is 0.787. The molecule has 17 heavy (non-hydrogen) atoms. The Morgan fingerprint density at radius 1 is 1.47 bits per heavy atom. The van der Waals surface area contributed by atoms with Crippen LogP contribution >= 0.6 is 0 Å². The Balaban J connectivity index is 1.92. The van der Waals surface area contributed by atoms with Gasteiger partial charge in [0.2, 0.25) is 10.0 Å². The zero-order chi connectivity index (χ0) is 12.5. The normalized spacial score (nSPS) is 33.1. The van der Waals surface area contributed by atoms with Crippen LogP contribution in [0.2, 0.25) is 0 Å². The van der Waals surface area contributed by atoms with E-state index in [0.717, 1.165) is 19.3 Å². The van der Waals surface area contributed by atoms with Crippen molar-refractivity contribution in [3.63, 3.8) is 0 Å². The molecule has 0 aromatic rings. The molecule has 2 rings (SSSR count). The van der Waals surface area contributed by atoms with E-state index < -0.39 is 16.1 Å². The van der Waals surface area contributed by atoms with E-state index in [2.05, 4.69) is 0 Å². The largest absolute Gasteiger partial charge is 0.393 e. The highest BCUT2D eigenvalue weighted by Gasteiger charge is 2.35. The lowest BCUT2D eigenvalue weighted by Gasteiger charge is -2.19. The van der Waals surface area contributed by atoms with E-state index in [4.69, 9.17) is 4.74 Å². The third kappa shape index (κ3) is 3.19. The van der Waals surface area contributed by atoms with Gasteiger partial charge >= 0.3 is 0 Å². The second kappa shape index (κ2) is 5.22. The average molecular weight is 263 g/mol. The van der Waals surface area contributed by atoms with Crippen molar-refractivity contribution in [2.75, 3.05) is 25.4 Å². The molecule has 2 aliphatic heterocycles. The van der Waals surface area contributed by atoms with Crippen LogP contribution in [0.15, 0.2) is 0 Å². The molecule has 0 amide bonds. The minimum Gasteiger partial charge on any atom is -0.393 e. The fourth-order valence-electron chi connectivity index (χ4n) is 2.52. The first-order chi connectivity index (χ1) is 7.99. The second-order valence-corrected chi connectivity index (χ2v) is 7.07. The standard InChI is InChI=1S/C11H21NO4S/c1-9(13)10-4-5-12(7-10)17(14,15)8-11-3-2-6-16-11/h9-11,13H,2-8H2,1H3. The van der Waals surface area contributed by atoms with E-state index in [1.165, 1.54) is 4.31 Å². The molecule has 0 aromatic carbocycles. The lowest BCUT2D eigenvalue weighted by molar-refractivity contribution is 0.125. The summed E-state index contributed by atoms with van der Waals surface area (Å²) in [5, 5.41) is 9.47. The molecule has 0 aromatic heterocycles. The highest BCUT2D eigenvalue weighted by Crippen LogP contribution is 2.24. The summed E-state index contributed by atoms with van der Waals surface area (Å²) < 4.78 is 31.1. The van der Waals surface area contributed by atoms with Crippen LogP contribution in [0.3, 0.4) is 0 Å². The van der Waals surface area contributed by atoms with Gasteiger partial charge in [0.25, 0.3) is 0 Å². The van der Waals surface area contributed by atoms with Gasteiger partial charge in [-0.15, -0.1) is 0 Å². The summed E-state index contributed by atoms with van der Waals surface area (Å²) in [6, 6.07) is 0. The first kappa shape index (κ1) is 13.3. The van der Waals surface area contributed by atoms with Gasteiger partial charge in [-0.1, -0.05) is 0 Å². The fourth-order valence-corrected chi connectivity index (χ4v) is 4.26. The van der Waals surface area contributed by atoms with Gasteiger partial charge in [-0.2, -0.15) is 0 Å². The molecule has 2 aliphatic rings. The molecule has 0 radical (unpaired) electrons. The van der Waals surface area contributed by atoms with Gasteiger partial charge in [-0.3, -0.25) is 0 Å². The Labute approximate surface area is 103 Å². The van der Waals surface area contributed by atoms with Gasteiger partial charge in [0.15, 0.2) is 0 Å². The number of nitrogens with zero attached hydrogens (tertiary/aromatic N) is 1. The molecule has 6 heteroatoms. The van der Waals surface area contributed by atoms with E-state index in [-0.39, 0.29) is 17.8 Å². The second-order valence-electron chi connectivity index (χ2n) is 5.06. The van der Waals surface area contributed by atoms with Gasteiger partial charge in [0.1, 0.15) is 0 Å². The number of rotatable bonds is 4. The maximum absolute atomic E-state index is 12.1. The van der Waals surface area contributed by atoms with Gasteiger partial charge in [0.05, 0.1) is 18.0 Å². The Hall–Kier alpha value is -0.170. The van der Waals surface area contributed by atoms with Crippen LogP contribution in [0.4, 0.5) is 0 Å². The van der Waals surface area contributed by atoms with Crippen LogP contribution in [-0.4, -0.2) is 55.5 Å². The SMILES string of the molecule is CC(O)C1CCN(S(=O)(=O)CC2CCCO2)C1. The van der Waals surface area contributed by atoms with Crippen LogP contribution in [0.5, 0.6) is 0 Å². The molecule has 5 nitrogen and oxygen atoms in total. The Morgan fingerprint density at radius 3 is 2.76 bits per heavy atom. The maximum atomic E-state index is 12.1. The molecule has 0 spiro atoms. The fraction of sp³-hybridized carbons (Fsp3) is 1.00. The third-order valence-electron chi connectivity index (χ3n) is 3.68. The number of sulfonamides is 1. The number of aliphatic hydroxyl groups is 1. The zero-order valence-corrected chi connectivity index (χ0v) is 11.0. The zero-order valence-electron chi connectivity index (χ0n) is 10.2. The maximum Gasteiger partial charge on any atom is 0.216 e. The van der Waals surface area contributed by atoms with E-state index >= 15 is 0 Å². The summed E-state index contributed by atoms with van der Waals surface area (Å²) in [6.45, 7) is 3.38. The summed E-state index contributed by atoms with van der Waals surface area (Å²) in [5.41, 5.74) is 0. The van der Waals surface area contributed by atoms with E-state index in [1.54, 1.807) is 6.92 Å². The van der Waals surface area contributed by atoms with Crippen LogP contribution in [0.25, 0.3) is 0 Å². The van der Waals surface area contributed by atoms with Crippen molar-refractivity contribution in [2.45, 2.75) is 38.4 Å². The van der Waals surface area contributed by atoms with Crippen molar-refractivity contribution in [2.24, 2.45) is 5.92 Å². The summed E-state index contributed by atoms with van der Waals surface area (Å²) in [5.74, 6) is 0.175. The first-order valence-corrected chi connectivity index (χ1v) is 7.87. The van der Waals surface area contributed by atoms with Crippen molar-refractivity contribution in [3.8, 4) is 0 Å². The molecule has 2 fully saturated rings. The number of hydrogen-bond acceptors (Lipinski definition) is 4. The minimum atomic E-state index is -3.21. The minimum absolute atomic E-state index is 0.0780. The van der Waals surface area contributed by atoms with Crippen molar-refractivity contribution < 1.29 is 18.3 Å². The molecule has 1 N–H and O–H groups in total. The van der Waals surface area contributed by atoms with Gasteiger partial charge in [-0.05, 0) is 32.1 Å². The molecule has 0 aliphatic carbocycles. The molecule has 3 unspecified atom stereocenters.